The monoisotopic (exact) mass is 330 g/mol. The van der Waals surface area contributed by atoms with E-state index in [2.05, 4.69) is 16.0 Å². The van der Waals surface area contributed by atoms with Crippen molar-refractivity contribution in [1.82, 2.24) is 10.6 Å². The normalized spacial score (nSPS) is 22.5. The van der Waals surface area contributed by atoms with Gasteiger partial charge in [0.15, 0.2) is 0 Å². The molecule has 2 aliphatic rings. The van der Waals surface area contributed by atoms with Crippen LogP contribution in [0.2, 0.25) is 0 Å². The number of nitrogens with two attached hydrogens (primary N) is 1. The van der Waals surface area contributed by atoms with Crippen LogP contribution in [0.5, 0.6) is 0 Å². The third-order valence-electron chi connectivity index (χ3n) is 4.61. The van der Waals surface area contributed by atoms with Gasteiger partial charge in [0.1, 0.15) is 0 Å². The van der Waals surface area contributed by atoms with Crippen molar-refractivity contribution in [1.29, 1.82) is 0 Å². The summed E-state index contributed by atoms with van der Waals surface area (Å²) in [6, 6.07) is 5.53. The zero-order chi connectivity index (χ0) is 17.1. The minimum Gasteiger partial charge on any atom is -0.352 e. The molecule has 0 bridgehead atoms. The average molecular weight is 330 g/mol. The minimum atomic E-state index is -0.135. The van der Waals surface area contributed by atoms with Crippen molar-refractivity contribution in [2.45, 2.75) is 44.2 Å². The van der Waals surface area contributed by atoms with Gasteiger partial charge in [-0.25, -0.2) is 0 Å². The van der Waals surface area contributed by atoms with E-state index in [1.165, 1.54) is 0 Å². The molecule has 3 rings (SSSR count). The van der Waals surface area contributed by atoms with Crippen LogP contribution in [0.3, 0.4) is 0 Å². The molecule has 0 unspecified atom stereocenters. The van der Waals surface area contributed by atoms with Crippen LogP contribution in [0.25, 0.3) is 0 Å². The highest BCUT2D eigenvalue weighted by molar-refractivity contribution is 6.01. The van der Waals surface area contributed by atoms with Crippen molar-refractivity contribution in [3.63, 3.8) is 0 Å². The molecule has 0 spiro atoms. The van der Waals surface area contributed by atoms with Gasteiger partial charge in [0, 0.05) is 23.3 Å². The maximum Gasteiger partial charge on any atom is 0.251 e. The molecule has 5 N–H and O–H groups in total. The van der Waals surface area contributed by atoms with Gasteiger partial charge in [-0.15, -0.1) is 0 Å². The highest BCUT2D eigenvalue weighted by Crippen LogP contribution is 2.24. The maximum atomic E-state index is 12.4. The van der Waals surface area contributed by atoms with E-state index < -0.39 is 0 Å². The molecule has 1 aliphatic heterocycles. The van der Waals surface area contributed by atoms with E-state index in [1.807, 2.05) is 0 Å². The van der Waals surface area contributed by atoms with Crippen LogP contribution in [-0.4, -0.2) is 36.3 Å². The molecule has 7 nitrogen and oxygen atoms in total. The van der Waals surface area contributed by atoms with Crippen molar-refractivity contribution >= 4 is 23.4 Å². The summed E-state index contributed by atoms with van der Waals surface area (Å²) in [4.78, 5) is 35.1. The van der Waals surface area contributed by atoms with Gasteiger partial charge in [0.05, 0.1) is 13.0 Å². The van der Waals surface area contributed by atoms with Crippen molar-refractivity contribution in [2.24, 2.45) is 5.73 Å². The highest BCUT2D eigenvalue weighted by Gasteiger charge is 2.24. The molecule has 0 saturated heterocycles. The molecule has 1 saturated carbocycles. The molecule has 1 aromatic rings. The van der Waals surface area contributed by atoms with E-state index in [1.54, 1.807) is 18.2 Å². The molecule has 0 aromatic heterocycles. The second-order valence-corrected chi connectivity index (χ2v) is 6.39. The SMILES string of the molecule is NCC(=O)N[C@H]1CC[C@H](NC(=O)c2ccc3c(c2)CC(=O)N3)CC1. The van der Waals surface area contributed by atoms with Crippen molar-refractivity contribution in [2.75, 3.05) is 11.9 Å². The lowest BCUT2D eigenvalue weighted by Gasteiger charge is -2.29. The Hall–Kier alpha value is -2.41. The summed E-state index contributed by atoms with van der Waals surface area (Å²) in [5.41, 5.74) is 7.52. The topological polar surface area (TPSA) is 113 Å². The fraction of sp³-hybridized carbons (Fsp3) is 0.471. The standard InChI is InChI=1S/C17H22N4O3/c18-9-16(23)19-12-2-4-13(5-3-12)20-17(24)10-1-6-14-11(7-10)8-15(22)21-14/h1,6-7,12-13H,2-5,8-9,18H2,(H,19,23)(H,20,24)(H,21,22)/t12-,13-. The van der Waals surface area contributed by atoms with Crippen LogP contribution in [0.15, 0.2) is 18.2 Å². The molecule has 3 amide bonds. The lowest BCUT2D eigenvalue weighted by Crippen LogP contribution is -2.45. The molecule has 1 fully saturated rings. The number of carbonyl (C=O) groups is 3. The Labute approximate surface area is 140 Å². The van der Waals surface area contributed by atoms with Gasteiger partial charge < -0.3 is 21.7 Å². The van der Waals surface area contributed by atoms with Gasteiger partial charge in [-0.05, 0) is 49.4 Å². The van der Waals surface area contributed by atoms with Crippen LogP contribution in [0.4, 0.5) is 5.69 Å². The second kappa shape index (κ2) is 7.00. The molecular weight excluding hydrogens is 308 g/mol. The van der Waals surface area contributed by atoms with E-state index >= 15 is 0 Å². The molecule has 0 radical (unpaired) electrons. The molecule has 128 valence electrons. The average Bonchev–Trinajstić information content (AvgIpc) is 2.95. The summed E-state index contributed by atoms with van der Waals surface area (Å²) in [6.07, 6.45) is 3.64. The Bertz CT molecular complexity index is 666. The number of nitrogens with one attached hydrogen (secondary N) is 3. The van der Waals surface area contributed by atoms with Crippen molar-refractivity contribution < 1.29 is 14.4 Å². The highest BCUT2D eigenvalue weighted by atomic mass is 16.2. The maximum absolute atomic E-state index is 12.4. The number of benzene rings is 1. The summed E-state index contributed by atoms with van der Waals surface area (Å²) in [5, 5.41) is 8.69. The summed E-state index contributed by atoms with van der Waals surface area (Å²) in [7, 11) is 0. The molecule has 24 heavy (non-hydrogen) atoms. The van der Waals surface area contributed by atoms with Crippen LogP contribution >= 0.6 is 0 Å². The Kier molecular flexibility index (Phi) is 4.80. The number of hydrogen-bond acceptors (Lipinski definition) is 4. The third-order valence-corrected chi connectivity index (χ3v) is 4.61. The number of rotatable bonds is 4. The van der Waals surface area contributed by atoms with Crippen molar-refractivity contribution in [3.05, 3.63) is 29.3 Å². The minimum absolute atomic E-state index is 0.00630. The van der Waals surface area contributed by atoms with E-state index in [9.17, 15) is 14.4 Å². The first-order valence-corrected chi connectivity index (χ1v) is 8.28. The smallest absolute Gasteiger partial charge is 0.251 e. The first-order valence-electron chi connectivity index (χ1n) is 8.28. The van der Waals surface area contributed by atoms with E-state index in [-0.39, 0.29) is 36.3 Å². The van der Waals surface area contributed by atoms with Gasteiger partial charge in [-0.2, -0.15) is 0 Å². The first kappa shape index (κ1) is 16.4. The molecular formula is C17H22N4O3. The Balaban J connectivity index is 1.52. The van der Waals surface area contributed by atoms with Gasteiger partial charge in [0.2, 0.25) is 11.8 Å². The van der Waals surface area contributed by atoms with E-state index in [4.69, 9.17) is 5.73 Å². The lowest BCUT2D eigenvalue weighted by atomic mass is 9.91. The Morgan fingerprint density at radius 2 is 1.79 bits per heavy atom. The van der Waals surface area contributed by atoms with Gasteiger partial charge in [-0.1, -0.05) is 0 Å². The van der Waals surface area contributed by atoms with E-state index in [0.29, 0.717) is 12.0 Å². The third kappa shape index (κ3) is 3.73. The lowest BCUT2D eigenvalue weighted by molar-refractivity contribution is -0.120. The number of carbonyl (C=O) groups excluding carboxylic acids is 3. The van der Waals surface area contributed by atoms with Crippen molar-refractivity contribution in [3.8, 4) is 0 Å². The van der Waals surface area contributed by atoms with Crippen LogP contribution in [0.1, 0.15) is 41.6 Å². The summed E-state index contributed by atoms with van der Waals surface area (Å²) < 4.78 is 0. The summed E-state index contributed by atoms with van der Waals surface area (Å²) >= 11 is 0. The van der Waals surface area contributed by atoms with Crippen LogP contribution in [0, 0.1) is 0 Å². The number of anilines is 1. The summed E-state index contributed by atoms with van der Waals surface area (Å²) in [5.74, 6) is -0.296. The summed E-state index contributed by atoms with van der Waals surface area (Å²) in [6.45, 7) is 0.00630. The molecule has 1 aliphatic carbocycles. The Morgan fingerprint density at radius 3 is 2.46 bits per heavy atom. The molecule has 0 atom stereocenters. The zero-order valence-electron chi connectivity index (χ0n) is 13.4. The number of fused-ring (bicyclic) bond motifs is 1. The zero-order valence-corrected chi connectivity index (χ0v) is 13.4. The fourth-order valence-corrected chi connectivity index (χ4v) is 3.31. The van der Waals surface area contributed by atoms with Crippen LogP contribution < -0.4 is 21.7 Å². The quantitative estimate of drug-likeness (QED) is 0.636. The fourth-order valence-electron chi connectivity index (χ4n) is 3.31. The Morgan fingerprint density at radius 1 is 1.12 bits per heavy atom. The number of hydrogen-bond donors (Lipinski definition) is 4. The van der Waals surface area contributed by atoms with Crippen LogP contribution in [-0.2, 0) is 16.0 Å². The van der Waals surface area contributed by atoms with E-state index in [0.717, 1.165) is 36.9 Å². The first-order chi connectivity index (χ1) is 11.5. The largest absolute Gasteiger partial charge is 0.352 e. The van der Waals surface area contributed by atoms with Gasteiger partial charge >= 0.3 is 0 Å². The predicted octanol–water partition coefficient (Wildman–Crippen LogP) is 0.297. The number of amides is 3. The predicted molar refractivity (Wildman–Crippen MR) is 89.5 cm³/mol. The molecule has 7 heteroatoms. The second-order valence-electron chi connectivity index (χ2n) is 6.39. The van der Waals surface area contributed by atoms with Gasteiger partial charge in [0.25, 0.3) is 5.91 Å². The molecule has 1 aromatic carbocycles. The van der Waals surface area contributed by atoms with Gasteiger partial charge in [-0.3, -0.25) is 14.4 Å². The molecule has 1 heterocycles.